The first-order valence-electron chi connectivity index (χ1n) is 8.43. The maximum atomic E-state index is 8.95. The van der Waals surface area contributed by atoms with E-state index < -0.39 is 0 Å². The van der Waals surface area contributed by atoms with Gasteiger partial charge in [0.2, 0.25) is 0 Å². The number of hydrogen-bond acceptors (Lipinski definition) is 2. The van der Waals surface area contributed by atoms with E-state index in [4.69, 9.17) is 5.26 Å². The molecule has 0 bridgehead atoms. The highest BCUT2D eigenvalue weighted by molar-refractivity contribution is 7.25. The van der Waals surface area contributed by atoms with Crippen LogP contribution in [0.3, 0.4) is 0 Å². The van der Waals surface area contributed by atoms with Crippen molar-refractivity contribution in [2.24, 2.45) is 0 Å². The van der Waals surface area contributed by atoms with Crippen molar-refractivity contribution in [2.45, 2.75) is 26.2 Å². The van der Waals surface area contributed by atoms with Crippen molar-refractivity contribution >= 4 is 31.5 Å². The van der Waals surface area contributed by atoms with Gasteiger partial charge in [-0.2, -0.15) is 5.26 Å². The van der Waals surface area contributed by atoms with Gasteiger partial charge in [0.15, 0.2) is 0 Å². The van der Waals surface area contributed by atoms with Crippen molar-refractivity contribution in [1.29, 1.82) is 5.26 Å². The van der Waals surface area contributed by atoms with Crippen molar-refractivity contribution in [3.05, 3.63) is 71.8 Å². The molecule has 4 aromatic rings. The van der Waals surface area contributed by atoms with Crippen molar-refractivity contribution in [2.75, 3.05) is 0 Å². The zero-order valence-electron chi connectivity index (χ0n) is 14.6. The van der Waals surface area contributed by atoms with Crippen LogP contribution in [0.4, 0.5) is 0 Å². The van der Waals surface area contributed by atoms with E-state index in [1.165, 1.54) is 31.3 Å². The van der Waals surface area contributed by atoms with Crippen LogP contribution in [0.2, 0.25) is 0 Å². The summed E-state index contributed by atoms with van der Waals surface area (Å²) in [6, 6.07) is 23.5. The standard InChI is InChI=1S/C23H19NS/c1-23(2,3)18-9-11-20-19-10-8-17(12-21(19)25-22(20)13-18)16-6-4-15(14-24)5-7-16/h4-13H,1-3H3. The predicted molar refractivity (Wildman–Crippen MR) is 108 cm³/mol. The molecule has 25 heavy (non-hydrogen) atoms. The van der Waals surface area contributed by atoms with E-state index in [2.05, 4.69) is 63.2 Å². The highest BCUT2D eigenvalue weighted by Crippen LogP contribution is 2.38. The third-order valence-corrected chi connectivity index (χ3v) is 5.80. The maximum absolute atomic E-state index is 8.95. The number of benzene rings is 3. The minimum atomic E-state index is 0.165. The van der Waals surface area contributed by atoms with Crippen LogP contribution < -0.4 is 0 Å². The number of rotatable bonds is 1. The first-order valence-corrected chi connectivity index (χ1v) is 9.25. The second kappa shape index (κ2) is 5.72. The third-order valence-electron chi connectivity index (χ3n) is 4.69. The zero-order chi connectivity index (χ0) is 17.6. The number of fused-ring (bicyclic) bond motifs is 3. The molecule has 0 atom stereocenters. The van der Waals surface area contributed by atoms with Gasteiger partial charge in [-0.3, -0.25) is 0 Å². The van der Waals surface area contributed by atoms with E-state index in [1.54, 1.807) is 0 Å². The van der Waals surface area contributed by atoms with Gasteiger partial charge < -0.3 is 0 Å². The van der Waals surface area contributed by atoms with Crippen LogP contribution in [0.1, 0.15) is 31.9 Å². The molecule has 122 valence electrons. The van der Waals surface area contributed by atoms with Crippen molar-refractivity contribution in [1.82, 2.24) is 0 Å². The molecule has 0 aliphatic rings. The minimum absolute atomic E-state index is 0.165. The summed E-state index contributed by atoms with van der Waals surface area (Å²) >= 11 is 1.86. The molecule has 3 aromatic carbocycles. The van der Waals surface area contributed by atoms with Gasteiger partial charge in [-0.25, -0.2) is 0 Å². The Hall–Kier alpha value is -2.63. The average molecular weight is 341 g/mol. The van der Waals surface area contributed by atoms with Gasteiger partial charge in [0, 0.05) is 20.2 Å². The van der Waals surface area contributed by atoms with E-state index in [-0.39, 0.29) is 5.41 Å². The second-order valence-electron chi connectivity index (χ2n) is 7.46. The number of nitrogens with zero attached hydrogens (tertiary/aromatic N) is 1. The topological polar surface area (TPSA) is 23.8 Å². The molecular formula is C23H19NS. The summed E-state index contributed by atoms with van der Waals surface area (Å²) in [7, 11) is 0. The average Bonchev–Trinajstić information content (AvgIpc) is 2.98. The monoisotopic (exact) mass is 341 g/mol. The number of thiophene rings is 1. The molecule has 0 unspecified atom stereocenters. The molecule has 0 N–H and O–H groups in total. The largest absolute Gasteiger partial charge is 0.192 e. The summed E-state index contributed by atoms with van der Waals surface area (Å²) in [5.74, 6) is 0. The zero-order valence-corrected chi connectivity index (χ0v) is 15.4. The van der Waals surface area contributed by atoms with E-state index >= 15 is 0 Å². The van der Waals surface area contributed by atoms with E-state index in [9.17, 15) is 0 Å². The highest BCUT2D eigenvalue weighted by Gasteiger charge is 2.15. The Bertz CT molecular complexity index is 1120. The van der Waals surface area contributed by atoms with Crippen LogP contribution in [0, 0.1) is 11.3 Å². The molecule has 1 aromatic heterocycles. The van der Waals surface area contributed by atoms with E-state index in [0.717, 1.165) is 5.56 Å². The molecule has 0 saturated heterocycles. The summed E-state index contributed by atoms with van der Waals surface area (Å²) < 4.78 is 2.65. The Morgan fingerprint density at radius 2 is 1.36 bits per heavy atom. The fraction of sp³-hybridized carbons (Fsp3) is 0.174. The van der Waals surface area contributed by atoms with Crippen LogP contribution in [0.5, 0.6) is 0 Å². The lowest BCUT2D eigenvalue weighted by Crippen LogP contribution is -2.10. The van der Waals surface area contributed by atoms with Gasteiger partial charge in [0.1, 0.15) is 0 Å². The van der Waals surface area contributed by atoms with Crippen LogP contribution >= 0.6 is 11.3 Å². The molecule has 0 aliphatic carbocycles. The first kappa shape index (κ1) is 15.9. The highest BCUT2D eigenvalue weighted by atomic mass is 32.1. The van der Waals surface area contributed by atoms with E-state index in [0.29, 0.717) is 5.56 Å². The number of hydrogen-bond donors (Lipinski definition) is 0. The van der Waals surface area contributed by atoms with Crippen LogP contribution in [0.25, 0.3) is 31.3 Å². The summed E-state index contributed by atoms with van der Waals surface area (Å²) in [5.41, 5.74) is 4.58. The Morgan fingerprint density at radius 1 is 0.760 bits per heavy atom. The van der Waals surface area contributed by atoms with E-state index in [1.807, 2.05) is 35.6 Å². The Kier molecular flexibility index (Phi) is 3.63. The lowest BCUT2D eigenvalue weighted by atomic mass is 9.87. The lowest BCUT2D eigenvalue weighted by Gasteiger charge is -2.18. The van der Waals surface area contributed by atoms with Crippen molar-refractivity contribution < 1.29 is 0 Å². The van der Waals surface area contributed by atoms with Crippen LogP contribution in [-0.2, 0) is 5.41 Å². The summed E-state index contributed by atoms with van der Waals surface area (Å²) in [6.07, 6.45) is 0. The lowest BCUT2D eigenvalue weighted by molar-refractivity contribution is 0.591. The molecule has 1 heterocycles. The molecule has 0 spiro atoms. The minimum Gasteiger partial charge on any atom is -0.192 e. The fourth-order valence-corrected chi connectivity index (χ4v) is 4.34. The molecule has 0 aliphatic heterocycles. The van der Waals surface area contributed by atoms with Crippen molar-refractivity contribution in [3.63, 3.8) is 0 Å². The Morgan fingerprint density at radius 3 is 2.00 bits per heavy atom. The van der Waals surface area contributed by atoms with Gasteiger partial charge in [-0.05, 0) is 46.4 Å². The second-order valence-corrected chi connectivity index (χ2v) is 8.55. The van der Waals surface area contributed by atoms with Gasteiger partial charge in [-0.15, -0.1) is 11.3 Å². The van der Waals surface area contributed by atoms with Gasteiger partial charge >= 0.3 is 0 Å². The van der Waals surface area contributed by atoms with Gasteiger partial charge in [0.25, 0.3) is 0 Å². The first-order chi connectivity index (χ1) is 12.0. The molecule has 0 fully saturated rings. The summed E-state index contributed by atoms with van der Waals surface area (Å²) in [6.45, 7) is 6.76. The normalized spacial score (nSPS) is 11.8. The maximum Gasteiger partial charge on any atom is 0.0991 e. The van der Waals surface area contributed by atoms with Crippen LogP contribution in [-0.4, -0.2) is 0 Å². The quantitative estimate of drug-likeness (QED) is 0.370. The summed E-state index contributed by atoms with van der Waals surface area (Å²) in [5, 5.41) is 11.6. The van der Waals surface area contributed by atoms with Gasteiger partial charge in [0.05, 0.1) is 11.6 Å². The predicted octanol–water partition coefficient (Wildman–Crippen LogP) is 6.89. The van der Waals surface area contributed by atoms with Crippen molar-refractivity contribution in [3.8, 4) is 17.2 Å². The number of nitriles is 1. The SMILES string of the molecule is CC(C)(C)c1ccc2c(c1)sc1cc(-c3ccc(C#N)cc3)ccc12. The van der Waals surface area contributed by atoms with Gasteiger partial charge in [-0.1, -0.05) is 57.2 Å². The molecule has 1 nitrogen and oxygen atoms in total. The fourth-order valence-electron chi connectivity index (χ4n) is 3.16. The summed E-state index contributed by atoms with van der Waals surface area (Å²) in [4.78, 5) is 0. The third kappa shape index (κ3) is 2.81. The van der Waals surface area contributed by atoms with Crippen LogP contribution in [0.15, 0.2) is 60.7 Å². The molecule has 0 amide bonds. The Labute approximate surface area is 152 Å². The Balaban J connectivity index is 1.85. The smallest absolute Gasteiger partial charge is 0.0991 e. The molecule has 0 radical (unpaired) electrons. The molecule has 4 rings (SSSR count). The molecular weight excluding hydrogens is 322 g/mol. The molecule has 0 saturated carbocycles. The molecule has 2 heteroatoms.